The van der Waals surface area contributed by atoms with Crippen molar-refractivity contribution in [1.82, 2.24) is 9.97 Å². The quantitative estimate of drug-likeness (QED) is 0.842. The van der Waals surface area contributed by atoms with E-state index in [1.165, 1.54) is 0 Å². The normalized spacial score (nSPS) is 10.1. The van der Waals surface area contributed by atoms with Crippen molar-refractivity contribution in [3.8, 4) is 16.6 Å². The highest BCUT2D eigenvalue weighted by Crippen LogP contribution is 2.30. The Balaban J connectivity index is 2.51. The molecular weight excluding hydrogens is 264 g/mol. The van der Waals surface area contributed by atoms with Crippen molar-refractivity contribution >= 4 is 27.3 Å². The molecule has 0 atom stereocenters. The first-order valence-electron chi connectivity index (χ1n) is 3.91. The monoisotopic (exact) mass is 270 g/mol. The number of rotatable bonds is 2. The number of ether oxygens (including phenoxy) is 1. The highest BCUT2D eigenvalue weighted by atomic mass is 79.9. The van der Waals surface area contributed by atoms with Gasteiger partial charge in [-0.3, -0.25) is 0 Å². The second kappa shape index (κ2) is 4.06. The summed E-state index contributed by atoms with van der Waals surface area (Å²) < 4.78 is 5.85. The average Bonchev–Trinajstić information content (AvgIpc) is 2.71. The second-order valence-corrected chi connectivity index (χ2v) is 4.33. The second-order valence-electron chi connectivity index (χ2n) is 2.53. The minimum absolute atomic E-state index is 0.386. The van der Waals surface area contributed by atoms with Crippen molar-refractivity contribution < 1.29 is 4.74 Å². The molecule has 72 valence electrons. The van der Waals surface area contributed by atoms with Gasteiger partial charge in [-0.1, -0.05) is 6.07 Å². The zero-order chi connectivity index (χ0) is 9.97. The maximum absolute atomic E-state index is 4.97. The summed E-state index contributed by atoms with van der Waals surface area (Å²) >= 11 is 5.04. The van der Waals surface area contributed by atoms with Crippen LogP contribution in [0.4, 0.5) is 0 Å². The first-order chi connectivity index (χ1) is 6.81. The third-order valence-electron chi connectivity index (χ3n) is 1.66. The van der Waals surface area contributed by atoms with Gasteiger partial charge in [-0.2, -0.15) is 4.98 Å². The molecule has 2 heterocycles. The average molecular weight is 271 g/mol. The number of nitrogens with zero attached hydrogens (tertiary/aromatic N) is 2. The first-order valence-corrected chi connectivity index (χ1v) is 5.59. The predicted octanol–water partition coefficient (Wildman–Crippen LogP) is 2.98. The largest absolute Gasteiger partial charge is 0.467 e. The van der Waals surface area contributed by atoms with Crippen molar-refractivity contribution in [2.45, 2.75) is 0 Å². The molecule has 0 N–H and O–H groups in total. The van der Waals surface area contributed by atoms with E-state index in [0.717, 1.165) is 15.0 Å². The zero-order valence-corrected chi connectivity index (χ0v) is 9.80. The van der Waals surface area contributed by atoms with Crippen LogP contribution in [-0.2, 0) is 0 Å². The van der Waals surface area contributed by atoms with Gasteiger partial charge in [0.1, 0.15) is 5.69 Å². The Hall–Kier alpha value is -0.940. The molecule has 2 rings (SSSR count). The Morgan fingerprint density at radius 1 is 1.50 bits per heavy atom. The van der Waals surface area contributed by atoms with Gasteiger partial charge in [-0.05, 0) is 27.4 Å². The van der Waals surface area contributed by atoms with Gasteiger partial charge in [0.05, 0.1) is 16.5 Å². The van der Waals surface area contributed by atoms with E-state index in [1.807, 2.05) is 17.5 Å². The summed E-state index contributed by atoms with van der Waals surface area (Å²) in [6.07, 6.45) is 1.70. The van der Waals surface area contributed by atoms with Gasteiger partial charge < -0.3 is 4.74 Å². The Morgan fingerprint density at radius 3 is 3.00 bits per heavy atom. The van der Waals surface area contributed by atoms with Crippen LogP contribution in [0.2, 0.25) is 0 Å². The fraction of sp³-hybridized carbons (Fsp3) is 0.111. The van der Waals surface area contributed by atoms with Crippen molar-refractivity contribution in [3.05, 3.63) is 28.2 Å². The van der Waals surface area contributed by atoms with Crippen LogP contribution in [0.3, 0.4) is 0 Å². The van der Waals surface area contributed by atoms with Gasteiger partial charge in [-0.25, -0.2) is 4.98 Å². The third kappa shape index (κ3) is 1.78. The summed E-state index contributed by atoms with van der Waals surface area (Å²) in [7, 11) is 1.56. The lowest BCUT2D eigenvalue weighted by Crippen LogP contribution is -1.93. The first kappa shape index (κ1) is 9.61. The fourth-order valence-electron chi connectivity index (χ4n) is 1.04. The van der Waals surface area contributed by atoms with Crippen molar-refractivity contribution in [2.75, 3.05) is 7.11 Å². The van der Waals surface area contributed by atoms with Gasteiger partial charge in [0, 0.05) is 6.20 Å². The maximum atomic E-state index is 4.97. The van der Waals surface area contributed by atoms with E-state index in [1.54, 1.807) is 24.6 Å². The standard InChI is InChI=1S/C9H7BrN2OS/c1-13-9-11-5-6(10)8(12-9)7-3-2-4-14-7/h2-5H,1H3. The molecule has 0 unspecified atom stereocenters. The Bertz CT molecular complexity index is 430. The molecule has 0 aliphatic carbocycles. The van der Waals surface area contributed by atoms with E-state index >= 15 is 0 Å². The molecule has 0 amide bonds. The molecule has 2 aromatic rings. The lowest BCUT2D eigenvalue weighted by atomic mass is 10.3. The molecule has 0 aliphatic rings. The minimum atomic E-state index is 0.386. The van der Waals surface area contributed by atoms with Crippen LogP contribution in [-0.4, -0.2) is 17.1 Å². The van der Waals surface area contributed by atoms with Crippen LogP contribution in [0.25, 0.3) is 10.6 Å². The van der Waals surface area contributed by atoms with E-state index in [2.05, 4.69) is 25.9 Å². The number of aromatic nitrogens is 2. The molecule has 2 aromatic heterocycles. The molecule has 0 aromatic carbocycles. The fourth-order valence-corrected chi connectivity index (χ4v) is 2.30. The van der Waals surface area contributed by atoms with E-state index in [9.17, 15) is 0 Å². The SMILES string of the molecule is COc1ncc(Br)c(-c2cccs2)n1. The highest BCUT2D eigenvalue weighted by Gasteiger charge is 2.08. The molecule has 0 saturated carbocycles. The van der Waals surface area contributed by atoms with Crippen LogP contribution in [0.5, 0.6) is 6.01 Å². The Kier molecular flexibility index (Phi) is 2.79. The van der Waals surface area contributed by atoms with Gasteiger partial charge in [-0.15, -0.1) is 11.3 Å². The molecule has 0 fully saturated rings. The molecule has 0 bridgehead atoms. The number of methoxy groups -OCH3 is 1. The van der Waals surface area contributed by atoms with Gasteiger partial charge >= 0.3 is 6.01 Å². The molecule has 0 spiro atoms. The smallest absolute Gasteiger partial charge is 0.316 e. The predicted molar refractivity (Wildman–Crippen MR) is 59.6 cm³/mol. The maximum Gasteiger partial charge on any atom is 0.316 e. The molecule has 0 saturated heterocycles. The number of halogens is 1. The van der Waals surface area contributed by atoms with Crippen LogP contribution < -0.4 is 4.74 Å². The van der Waals surface area contributed by atoms with Crippen molar-refractivity contribution in [3.63, 3.8) is 0 Å². The van der Waals surface area contributed by atoms with Crippen LogP contribution in [0, 0.1) is 0 Å². The molecule has 5 heteroatoms. The molecular formula is C9H7BrN2OS. The minimum Gasteiger partial charge on any atom is -0.467 e. The van der Waals surface area contributed by atoms with Gasteiger partial charge in [0.15, 0.2) is 0 Å². The van der Waals surface area contributed by atoms with E-state index in [4.69, 9.17) is 4.74 Å². The molecule has 14 heavy (non-hydrogen) atoms. The van der Waals surface area contributed by atoms with Crippen molar-refractivity contribution in [2.24, 2.45) is 0 Å². The summed E-state index contributed by atoms with van der Waals surface area (Å²) in [5.41, 5.74) is 0.867. The van der Waals surface area contributed by atoms with Crippen molar-refractivity contribution in [1.29, 1.82) is 0 Å². The summed E-state index contributed by atoms with van der Waals surface area (Å²) in [5, 5.41) is 2.01. The molecule has 0 radical (unpaired) electrons. The van der Waals surface area contributed by atoms with Crippen LogP contribution >= 0.6 is 27.3 Å². The topological polar surface area (TPSA) is 35.0 Å². The van der Waals surface area contributed by atoms with E-state index in [0.29, 0.717) is 6.01 Å². The molecule has 3 nitrogen and oxygen atoms in total. The molecule has 0 aliphatic heterocycles. The summed E-state index contributed by atoms with van der Waals surface area (Å²) in [4.78, 5) is 9.35. The summed E-state index contributed by atoms with van der Waals surface area (Å²) in [6, 6.07) is 4.38. The summed E-state index contributed by atoms with van der Waals surface area (Å²) in [6.45, 7) is 0. The highest BCUT2D eigenvalue weighted by molar-refractivity contribution is 9.10. The lowest BCUT2D eigenvalue weighted by molar-refractivity contribution is 0.380. The summed E-state index contributed by atoms with van der Waals surface area (Å²) in [5.74, 6) is 0. The van der Waals surface area contributed by atoms with Crippen LogP contribution in [0.1, 0.15) is 0 Å². The number of hydrogen-bond acceptors (Lipinski definition) is 4. The van der Waals surface area contributed by atoms with E-state index < -0.39 is 0 Å². The Labute approximate surface area is 93.9 Å². The van der Waals surface area contributed by atoms with Gasteiger partial charge in [0.25, 0.3) is 0 Å². The van der Waals surface area contributed by atoms with Gasteiger partial charge in [0.2, 0.25) is 0 Å². The number of hydrogen-bond donors (Lipinski definition) is 0. The number of thiophene rings is 1. The van der Waals surface area contributed by atoms with E-state index in [-0.39, 0.29) is 0 Å². The Morgan fingerprint density at radius 2 is 2.36 bits per heavy atom. The van der Waals surface area contributed by atoms with Crippen LogP contribution in [0.15, 0.2) is 28.2 Å². The zero-order valence-electron chi connectivity index (χ0n) is 7.40. The lowest BCUT2D eigenvalue weighted by Gasteiger charge is -2.02. The third-order valence-corrected chi connectivity index (χ3v) is 3.12.